The number of hydrogen-bond acceptors (Lipinski definition) is 2. The first kappa shape index (κ1) is 37.9. The molecular formula is C58H54N2. The van der Waals surface area contributed by atoms with Crippen LogP contribution < -0.4 is 9.80 Å². The molecule has 0 N–H and O–H groups in total. The summed E-state index contributed by atoms with van der Waals surface area (Å²) in [5.41, 5.74) is 11.3. The maximum atomic E-state index is 2.66. The van der Waals surface area contributed by atoms with Gasteiger partial charge in [-0.15, -0.1) is 0 Å². The van der Waals surface area contributed by atoms with Crippen molar-refractivity contribution in [1.82, 2.24) is 0 Å². The Morgan fingerprint density at radius 2 is 1.00 bits per heavy atom. The lowest BCUT2D eigenvalue weighted by Gasteiger charge is -2.37. The fourth-order valence-corrected chi connectivity index (χ4v) is 9.86. The number of aryl methyl sites for hydroxylation is 2. The number of anilines is 5. The molecule has 0 saturated heterocycles. The number of nitrogens with zero attached hydrogens (tertiary/aromatic N) is 2. The van der Waals surface area contributed by atoms with E-state index in [9.17, 15) is 0 Å². The highest BCUT2D eigenvalue weighted by atomic mass is 15.2. The van der Waals surface area contributed by atoms with Crippen LogP contribution in [0.5, 0.6) is 0 Å². The predicted octanol–water partition coefficient (Wildman–Crippen LogP) is 16.7. The van der Waals surface area contributed by atoms with Crippen molar-refractivity contribution in [2.75, 3.05) is 9.80 Å². The molecule has 60 heavy (non-hydrogen) atoms. The third-order valence-corrected chi connectivity index (χ3v) is 13.0. The Morgan fingerprint density at radius 1 is 0.467 bits per heavy atom. The van der Waals surface area contributed by atoms with Gasteiger partial charge in [0.15, 0.2) is 0 Å². The summed E-state index contributed by atoms with van der Waals surface area (Å²) in [7, 11) is 0. The summed E-state index contributed by atoms with van der Waals surface area (Å²) in [6.07, 6.45) is 8.19. The van der Waals surface area contributed by atoms with E-state index in [0.717, 1.165) is 6.42 Å². The van der Waals surface area contributed by atoms with Gasteiger partial charge in [-0.3, -0.25) is 0 Å². The van der Waals surface area contributed by atoms with Gasteiger partial charge in [0.1, 0.15) is 0 Å². The second-order valence-electron chi connectivity index (χ2n) is 19.1. The predicted molar refractivity (Wildman–Crippen MR) is 262 cm³/mol. The van der Waals surface area contributed by atoms with E-state index >= 15 is 0 Å². The molecule has 2 nitrogen and oxygen atoms in total. The average Bonchev–Trinajstić information content (AvgIpc) is 3.24. The third-order valence-electron chi connectivity index (χ3n) is 13.0. The topological polar surface area (TPSA) is 6.48 Å². The van der Waals surface area contributed by atoms with Crippen LogP contribution in [0.25, 0.3) is 53.9 Å². The van der Waals surface area contributed by atoms with E-state index in [-0.39, 0.29) is 16.9 Å². The summed E-state index contributed by atoms with van der Waals surface area (Å²) in [4.78, 5) is 5.18. The molecule has 2 heteroatoms. The molecule has 1 aliphatic rings. The largest absolute Gasteiger partial charge is 0.333 e. The summed E-state index contributed by atoms with van der Waals surface area (Å²) in [6.45, 7) is 18.5. The zero-order chi connectivity index (χ0) is 41.5. The molecule has 0 saturated carbocycles. The lowest BCUT2D eigenvalue weighted by molar-refractivity contribution is 0.508. The summed E-state index contributed by atoms with van der Waals surface area (Å²) < 4.78 is 0. The van der Waals surface area contributed by atoms with E-state index in [1.165, 1.54) is 105 Å². The van der Waals surface area contributed by atoms with Crippen LogP contribution >= 0.6 is 0 Å². The molecule has 0 aromatic heterocycles. The first-order valence-electron chi connectivity index (χ1n) is 21.6. The second-order valence-corrected chi connectivity index (χ2v) is 19.1. The molecule has 0 bridgehead atoms. The molecule has 0 fully saturated rings. The van der Waals surface area contributed by atoms with Gasteiger partial charge in [-0.25, -0.2) is 0 Å². The Kier molecular flexibility index (Phi) is 8.92. The van der Waals surface area contributed by atoms with Crippen molar-refractivity contribution in [1.29, 1.82) is 0 Å². The maximum absolute atomic E-state index is 2.66. The van der Waals surface area contributed by atoms with Gasteiger partial charge in [0.05, 0.1) is 17.4 Å². The van der Waals surface area contributed by atoms with Crippen LogP contribution in [0.3, 0.4) is 0 Å². The van der Waals surface area contributed by atoms with Crippen LogP contribution in [-0.4, -0.2) is 6.04 Å². The van der Waals surface area contributed by atoms with E-state index in [1.54, 1.807) is 0 Å². The SMILES string of the molecule is Cc1cc(N(c2cccc(C(C)(C)C)c2)c2cccc3ccccc23)c2ccc3c(C)cc(N(c4cccc5ccccc45)C4C=C(C(C)(C)C)C=CC4)c4ccc1c2c34. The van der Waals surface area contributed by atoms with E-state index in [1.807, 2.05) is 0 Å². The number of fused-ring (bicyclic) bond motifs is 2. The minimum absolute atomic E-state index is 0.000149. The monoisotopic (exact) mass is 778 g/mol. The van der Waals surface area contributed by atoms with Crippen molar-refractivity contribution in [2.24, 2.45) is 5.41 Å². The number of hydrogen-bond donors (Lipinski definition) is 0. The molecule has 1 aliphatic carbocycles. The van der Waals surface area contributed by atoms with Gasteiger partial charge in [-0.2, -0.15) is 0 Å². The summed E-state index contributed by atoms with van der Waals surface area (Å²) >= 11 is 0. The maximum Gasteiger partial charge on any atom is 0.0563 e. The van der Waals surface area contributed by atoms with Crippen LogP contribution in [0, 0.1) is 19.3 Å². The summed E-state index contributed by atoms with van der Waals surface area (Å²) in [6, 6.07) is 55.0. The number of allylic oxidation sites excluding steroid dienone is 2. The van der Waals surface area contributed by atoms with Gasteiger partial charge < -0.3 is 9.80 Å². The third kappa shape index (κ3) is 6.24. The average molecular weight is 779 g/mol. The number of rotatable bonds is 6. The smallest absolute Gasteiger partial charge is 0.0563 e. The molecule has 10 rings (SSSR count). The van der Waals surface area contributed by atoms with Crippen LogP contribution in [0.4, 0.5) is 28.4 Å². The van der Waals surface area contributed by atoms with Crippen LogP contribution in [0.15, 0.2) is 169 Å². The van der Waals surface area contributed by atoms with Crippen molar-refractivity contribution in [3.05, 3.63) is 186 Å². The zero-order valence-electron chi connectivity index (χ0n) is 36.3. The molecule has 0 amide bonds. The van der Waals surface area contributed by atoms with Crippen molar-refractivity contribution >= 4 is 82.3 Å². The van der Waals surface area contributed by atoms with E-state index in [0.29, 0.717) is 0 Å². The fraction of sp³-hybridized carbons (Fsp3) is 0.207. The first-order chi connectivity index (χ1) is 28.9. The number of benzene rings is 9. The molecule has 0 heterocycles. The molecule has 1 atom stereocenters. The highest BCUT2D eigenvalue weighted by Crippen LogP contribution is 2.50. The molecule has 9 aromatic carbocycles. The van der Waals surface area contributed by atoms with E-state index in [2.05, 4.69) is 229 Å². The first-order valence-corrected chi connectivity index (χ1v) is 21.6. The lowest BCUT2D eigenvalue weighted by atomic mass is 9.82. The Bertz CT molecular complexity index is 3170. The zero-order valence-corrected chi connectivity index (χ0v) is 36.3. The van der Waals surface area contributed by atoms with Crippen LogP contribution in [0.1, 0.15) is 64.7 Å². The molecular weight excluding hydrogens is 725 g/mol. The second kappa shape index (κ2) is 14.1. The van der Waals surface area contributed by atoms with Gasteiger partial charge >= 0.3 is 0 Å². The fourth-order valence-electron chi connectivity index (χ4n) is 9.86. The summed E-state index contributed by atoms with van der Waals surface area (Å²) in [5.74, 6) is 0. The minimum atomic E-state index is -0.000149. The molecule has 0 aliphatic heterocycles. The molecule has 0 radical (unpaired) electrons. The van der Waals surface area contributed by atoms with Gasteiger partial charge in [0.25, 0.3) is 0 Å². The van der Waals surface area contributed by atoms with E-state index in [4.69, 9.17) is 0 Å². The van der Waals surface area contributed by atoms with Gasteiger partial charge in [0, 0.05) is 38.6 Å². The molecule has 0 spiro atoms. The van der Waals surface area contributed by atoms with Crippen LogP contribution in [-0.2, 0) is 5.41 Å². The molecule has 1 unspecified atom stereocenters. The Labute approximate surface area is 355 Å². The van der Waals surface area contributed by atoms with E-state index < -0.39 is 0 Å². The van der Waals surface area contributed by atoms with Crippen molar-refractivity contribution in [2.45, 2.75) is 73.3 Å². The quantitative estimate of drug-likeness (QED) is 0.155. The van der Waals surface area contributed by atoms with Gasteiger partial charge in [0.2, 0.25) is 0 Å². The normalized spacial score (nSPS) is 14.8. The highest BCUT2D eigenvalue weighted by Gasteiger charge is 2.29. The Morgan fingerprint density at radius 3 is 1.63 bits per heavy atom. The van der Waals surface area contributed by atoms with Crippen molar-refractivity contribution in [3.8, 4) is 0 Å². The Balaban J connectivity index is 1.29. The lowest BCUT2D eigenvalue weighted by Crippen LogP contribution is -2.32. The molecule has 9 aromatic rings. The highest BCUT2D eigenvalue weighted by molar-refractivity contribution is 6.29. The van der Waals surface area contributed by atoms with Gasteiger partial charge in [-0.1, -0.05) is 169 Å². The Hall–Kier alpha value is -6.38. The molecule has 296 valence electrons. The van der Waals surface area contributed by atoms with Gasteiger partial charge in [-0.05, 0) is 122 Å². The van der Waals surface area contributed by atoms with Crippen molar-refractivity contribution < 1.29 is 0 Å². The van der Waals surface area contributed by atoms with Crippen molar-refractivity contribution in [3.63, 3.8) is 0 Å². The minimum Gasteiger partial charge on any atom is -0.333 e. The van der Waals surface area contributed by atoms with Crippen LogP contribution in [0.2, 0.25) is 0 Å². The summed E-state index contributed by atoms with van der Waals surface area (Å²) in [5, 5.41) is 12.8. The standard InChI is InChI=1S/C58H54N2/c1-37-33-53(59(43-23-15-21-41(35-43)57(3,4)5)51-27-13-19-39-17-9-11-25-47(39)51)49-32-30-46-38(2)34-54(50-31-29-45(37)55(49)56(46)50)60(44-24-16-22-42(36-44)58(6,7)8)52-28-14-20-40-18-10-12-26-48(40)52/h9-23,25-36,44H,24H2,1-8H3.